The summed E-state index contributed by atoms with van der Waals surface area (Å²) in [5, 5.41) is 2.42. The van der Waals surface area contributed by atoms with E-state index in [2.05, 4.69) is 20.1 Å². The predicted octanol–water partition coefficient (Wildman–Crippen LogP) is 4.12. The Balaban J connectivity index is 1.41. The van der Waals surface area contributed by atoms with Crippen LogP contribution in [0.15, 0.2) is 41.3 Å². The lowest BCUT2D eigenvalue weighted by Crippen LogP contribution is -2.41. The molecule has 3 fully saturated rings. The lowest BCUT2D eigenvalue weighted by Gasteiger charge is -2.35. The Labute approximate surface area is 213 Å². The van der Waals surface area contributed by atoms with E-state index in [1.807, 2.05) is 19.1 Å². The van der Waals surface area contributed by atoms with E-state index in [-0.39, 0.29) is 16.9 Å². The number of amides is 1. The number of piperidine rings is 1. The van der Waals surface area contributed by atoms with Gasteiger partial charge in [0.2, 0.25) is 0 Å². The van der Waals surface area contributed by atoms with Crippen LogP contribution in [-0.2, 0) is 14.6 Å². The molecular formula is C27H36N4O4S. The van der Waals surface area contributed by atoms with Gasteiger partial charge >= 0.3 is 0 Å². The number of carbonyl (C=O) groups is 1. The molecule has 1 spiro atoms. The highest BCUT2D eigenvalue weighted by molar-refractivity contribution is 7.92. The molecule has 1 aromatic carbocycles. The molecule has 1 atom stereocenters. The Hall–Kier alpha value is -2.65. The highest BCUT2D eigenvalue weighted by atomic mass is 32.2. The first-order valence-electron chi connectivity index (χ1n) is 12.9. The summed E-state index contributed by atoms with van der Waals surface area (Å²) < 4.78 is 31.5. The Morgan fingerprint density at radius 1 is 1.08 bits per heavy atom. The molecule has 1 aliphatic carbocycles. The summed E-state index contributed by atoms with van der Waals surface area (Å²) in [6, 6.07) is 10.5. The minimum Gasteiger partial charge on any atom is -0.375 e. The smallest absolute Gasteiger partial charge is 0.258 e. The van der Waals surface area contributed by atoms with Gasteiger partial charge in [-0.2, -0.15) is 0 Å². The lowest BCUT2D eigenvalue weighted by molar-refractivity contribution is 0.0529. The van der Waals surface area contributed by atoms with Crippen molar-refractivity contribution in [3.63, 3.8) is 0 Å². The van der Waals surface area contributed by atoms with Crippen LogP contribution in [0, 0.1) is 5.41 Å². The van der Waals surface area contributed by atoms with Crippen LogP contribution in [0.3, 0.4) is 0 Å². The number of benzene rings is 1. The molecule has 2 aromatic rings. The maximum absolute atomic E-state index is 13.5. The van der Waals surface area contributed by atoms with Crippen molar-refractivity contribution in [1.29, 1.82) is 0 Å². The number of anilines is 3. The number of carbonyl (C=O) groups excluding carboxylic acids is 1. The second-order valence-electron chi connectivity index (χ2n) is 10.7. The zero-order chi connectivity index (χ0) is 25.5. The van der Waals surface area contributed by atoms with Crippen LogP contribution in [0.5, 0.6) is 0 Å². The van der Waals surface area contributed by atoms with E-state index >= 15 is 0 Å². The number of nitrogens with one attached hydrogen (secondary N) is 1. The number of morpholine rings is 1. The molecule has 194 valence electrons. The highest BCUT2D eigenvalue weighted by Gasteiger charge is 2.44. The molecule has 1 amide bonds. The zero-order valence-corrected chi connectivity index (χ0v) is 22.2. The van der Waals surface area contributed by atoms with Crippen molar-refractivity contribution in [2.24, 2.45) is 5.41 Å². The van der Waals surface area contributed by atoms with E-state index in [0.29, 0.717) is 29.1 Å². The molecule has 0 radical (unpaired) electrons. The van der Waals surface area contributed by atoms with Crippen LogP contribution < -0.4 is 15.1 Å². The van der Waals surface area contributed by atoms with Crippen molar-refractivity contribution in [2.75, 3.05) is 47.9 Å². The molecule has 8 nitrogen and oxygen atoms in total. The van der Waals surface area contributed by atoms with Crippen LogP contribution in [-0.4, -0.2) is 63.4 Å². The predicted molar refractivity (Wildman–Crippen MR) is 142 cm³/mol. The quantitative estimate of drug-likeness (QED) is 0.622. The van der Waals surface area contributed by atoms with Gasteiger partial charge in [0.05, 0.1) is 34.1 Å². The molecular weight excluding hydrogens is 476 g/mol. The molecule has 3 heterocycles. The number of ether oxygens (including phenoxy) is 1. The average molecular weight is 513 g/mol. The highest BCUT2D eigenvalue weighted by Crippen LogP contribution is 2.54. The Morgan fingerprint density at radius 3 is 2.50 bits per heavy atom. The minimum absolute atomic E-state index is 0.126. The van der Waals surface area contributed by atoms with Gasteiger partial charge in [0.25, 0.3) is 5.91 Å². The SMILES string of the molecule is CC1CN(c2cccc(NC(=O)c3ccc(S(=O)(=O)C(C)C)cc3N3CCC4(CC3)CC4)n2)CCO1. The molecule has 5 rings (SSSR count). The normalized spacial score (nSPS) is 21.6. The number of hydrogen-bond acceptors (Lipinski definition) is 7. The van der Waals surface area contributed by atoms with Gasteiger partial charge in [0, 0.05) is 26.2 Å². The summed E-state index contributed by atoms with van der Waals surface area (Å²) in [4.78, 5) is 22.8. The molecule has 1 saturated carbocycles. The fraction of sp³-hybridized carbons (Fsp3) is 0.556. The summed E-state index contributed by atoms with van der Waals surface area (Å²) in [7, 11) is -3.46. The molecule has 36 heavy (non-hydrogen) atoms. The third-order valence-corrected chi connectivity index (χ3v) is 9.98. The topological polar surface area (TPSA) is 91.8 Å². The second-order valence-corrected chi connectivity index (χ2v) is 13.2. The molecule has 1 unspecified atom stereocenters. The van der Waals surface area contributed by atoms with Gasteiger partial charge in [0.1, 0.15) is 11.6 Å². The maximum Gasteiger partial charge on any atom is 0.258 e. The number of nitrogens with zero attached hydrogens (tertiary/aromatic N) is 3. The molecule has 0 bridgehead atoms. The van der Waals surface area contributed by atoms with Crippen molar-refractivity contribution in [3.8, 4) is 0 Å². The zero-order valence-electron chi connectivity index (χ0n) is 21.4. The fourth-order valence-corrected chi connectivity index (χ4v) is 6.27. The third kappa shape index (κ3) is 5.09. The van der Waals surface area contributed by atoms with Crippen molar-refractivity contribution < 1.29 is 17.9 Å². The summed E-state index contributed by atoms with van der Waals surface area (Å²) in [5.41, 5.74) is 1.63. The van der Waals surface area contributed by atoms with Gasteiger partial charge in [-0.15, -0.1) is 0 Å². The largest absolute Gasteiger partial charge is 0.375 e. The Bertz CT molecular complexity index is 1230. The van der Waals surface area contributed by atoms with E-state index in [1.54, 1.807) is 38.1 Å². The van der Waals surface area contributed by atoms with E-state index in [1.165, 1.54) is 12.8 Å². The molecule has 1 N–H and O–H groups in total. The number of sulfone groups is 1. The number of rotatable bonds is 6. The van der Waals surface area contributed by atoms with E-state index < -0.39 is 15.1 Å². The van der Waals surface area contributed by atoms with Gasteiger partial charge in [0.15, 0.2) is 9.84 Å². The first kappa shape index (κ1) is 25.0. The summed E-state index contributed by atoms with van der Waals surface area (Å²) >= 11 is 0. The van der Waals surface area contributed by atoms with Crippen LogP contribution in [0.1, 0.15) is 56.8 Å². The van der Waals surface area contributed by atoms with Crippen LogP contribution in [0.4, 0.5) is 17.3 Å². The molecule has 1 aromatic heterocycles. The van der Waals surface area contributed by atoms with E-state index in [0.717, 1.165) is 44.8 Å². The Kier molecular flexibility index (Phi) is 6.72. The van der Waals surface area contributed by atoms with Crippen LogP contribution in [0.25, 0.3) is 0 Å². The monoisotopic (exact) mass is 512 g/mol. The van der Waals surface area contributed by atoms with Gasteiger partial charge in [-0.05, 0) is 82.2 Å². The average Bonchev–Trinajstić information content (AvgIpc) is 3.62. The van der Waals surface area contributed by atoms with Crippen molar-refractivity contribution >= 4 is 33.1 Å². The van der Waals surface area contributed by atoms with Gasteiger partial charge in [-0.1, -0.05) is 6.07 Å². The maximum atomic E-state index is 13.5. The van der Waals surface area contributed by atoms with Crippen molar-refractivity contribution in [1.82, 2.24) is 4.98 Å². The molecule has 3 aliphatic rings. The third-order valence-electron chi connectivity index (χ3n) is 7.83. The summed E-state index contributed by atoms with van der Waals surface area (Å²) in [6.45, 7) is 9.20. The molecule has 2 aliphatic heterocycles. The minimum atomic E-state index is -3.46. The van der Waals surface area contributed by atoms with Crippen LogP contribution in [0.2, 0.25) is 0 Å². The first-order valence-corrected chi connectivity index (χ1v) is 14.5. The molecule has 9 heteroatoms. The summed E-state index contributed by atoms with van der Waals surface area (Å²) in [5.74, 6) is 0.981. The van der Waals surface area contributed by atoms with Gasteiger partial charge in [-0.3, -0.25) is 4.79 Å². The lowest BCUT2D eigenvalue weighted by atomic mass is 9.93. The molecule has 2 saturated heterocycles. The standard InChI is InChI=1S/C27H36N4O4S/c1-19(2)36(33,34)21-7-8-22(23(17-21)30-13-11-27(9-10-27)12-14-30)26(32)29-24-5-4-6-25(28-24)31-15-16-35-20(3)18-31/h4-8,17,19-20H,9-16,18H2,1-3H3,(H,28,29,32). The number of aromatic nitrogens is 1. The fourth-order valence-electron chi connectivity index (χ4n) is 5.19. The summed E-state index contributed by atoms with van der Waals surface area (Å²) in [6.07, 6.45) is 4.84. The van der Waals surface area contributed by atoms with Crippen LogP contribution >= 0.6 is 0 Å². The van der Waals surface area contributed by atoms with Crippen molar-refractivity contribution in [2.45, 2.75) is 62.7 Å². The number of pyridine rings is 1. The second kappa shape index (κ2) is 9.67. The Morgan fingerprint density at radius 2 is 1.83 bits per heavy atom. The van der Waals surface area contributed by atoms with Crippen molar-refractivity contribution in [3.05, 3.63) is 42.0 Å². The van der Waals surface area contributed by atoms with Gasteiger partial charge < -0.3 is 19.9 Å². The number of hydrogen-bond donors (Lipinski definition) is 1. The van der Waals surface area contributed by atoms with E-state index in [9.17, 15) is 13.2 Å². The van der Waals surface area contributed by atoms with E-state index in [4.69, 9.17) is 4.74 Å². The van der Waals surface area contributed by atoms with Gasteiger partial charge in [-0.25, -0.2) is 13.4 Å². The first-order chi connectivity index (χ1) is 17.2.